The Bertz CT molecular complexity index is 652. The summed E-state index contributed by atoms with van der Waals surface area (Å²) in [7, 11) is 0. The van der Waals surface area contributed by atoms with Crippen molar-refractivity contribution in [1.29, 1.82) is 0 Å². The van der Waals surface area contributed by atoms with E-state index in [1.807, 2.05) is 0 Å². The van der Waals surface area contributed by atoms with Crippen molar-refractivity contribution in [3.8, 4) is 0 Å². The summed E-state index contributed by atoms with van der Waals surface area (Å²) in [5.41, 5.74) is -1.35. The average molecular weight is 462 g/mol. The van der Waals surface area contributed by atoms with Crippen molar-refractivity contribution in [1.82, 2.24) is 9.80 Å². The van der Waals surface area contributed by atoms with E-state index < -0.39 is 59.6 Å². The maximum Gasteiger partial charge on any atom is 0.411 e. The second kappa shape index (κ2) is 10.3. The molecule has 0 unspecified atom stereocenters. The Morgan fingerprint density at radius 3 is 1.19 bits per heavy atom. The van der Waals surface area contributed by atoms with Crippen LogP contribution in [0.2, 0.25) is 0 Å². The maximum absolute atomic E-state index is 11.7. The van der Waals surface area contributed by atoms with Crippen LogP contribution in [-0.2, 0) is 19.1 Å². The molecule has 0 radical (unpaired) electrons. The summed E-state index contributed by atoms with van der Waals surface area (Å²) in [6, 6.07) is -2.40. The highest BCUT2D eigenvalue weighted by atomic mass is 16.6. The fourth-order valence-electron chi connectivity index (χ4n) is 3.20. The third-order valence-electron chi connectivity index (χ3n) is 4.49. The molecule has 12 heteroatoms. The highest BCUT2D eigenvalue weighted by molar-refractivity contribution is 5.82. The van der Waals surface area contributed by atoms with Gasteiger partial charge in [0.1, 0.15) is 11.2 Å². The molecule has 0 bridgehead atoms. The molecule has 2 aliphatic heterocycles. The third kappa shape index (κ3) is 7.83. The zero-order chi connectivity index (χ0) is 25.0. The van der Waals surface area contributed by atoms with Crippen molar-refractivity contribution in [3.63, 3.8) is 0 Å². The number of likely N-dealkylation sites (tertiary alicyclic amines) is 2. The van der Waals surface area contributed by atoms with Crippen molar-refractivity contribution in [2.75, 3.05) is 13.1 Å². The Balaban J connectivity index is 0.000000320. The lowest BCUT2D eigenvalue weighted by Gasteiger charge is -2.27. The first-order valence-corrected chi connectivity index (χ1v) is 10.3. The normalized spacial score (nSPS) is 25.6. The average Bonchev–Trinajstić information content (AvgIpc) is 3.15. The molecule has 0 saturated carbocycles. The maximum atomic E-state index is 11.7. The van der Waals surface area contributed by atoms with Crippen LogP contribution in [0.15, 0.2) is 0 Å². The molecule has 0 spiro atoms. The number of carboxylic acids is 2. The lowest BCUT2D eigenvalue weighted by molar-refractivity contribution is -0.145. The summed E-state index contributed by atoms with van der Waals surface area (Å²) < 4.78 is 10.1. The highest BCUT2D eigenvalue weighted by Gasteiger charge is 2.43. The minimum Gasteiger partial charge on any atom is -0.480 e. The van der Waals surface area contributed by atoms with Gasteiger partial charge in [-0.2, -0.15) is 0 Å². The molecule has 2 fully saturated rings. The Hall–Kier alpha value is -2.60. The minimum atomic E-state index is -1.21. The second-order valence-electron chi connectivity index (χ2n) is 9.63. The van der Waals surface area contributed by atoms with E-state index in [2.05, 4.69) is 0 Å². The third-order valence-corrected chi connectivity index (χ3v) is 4.49. The molecule has 4 N–H and O–H groups in total. The fourth-order valence-corrected chi connectivity index (χ4v) is 3.20. The number of amides is 2. The van der Waals surface area contributed by atoms with Crippen molar-refractivity contribution < 1.29 is 49.1 Å². The molecule has 184 valence electrons. The number of aliphatic carboxylic acids is 2. The smallest absolute Gasteiger partial charge is 0.411 e. The van der Waals surface area contributed by atoms with Crippen LogP contribution in [0.5, 0.6) is 0 Å². The predicted octanol–water partition coefficient (Wildman–Crippen LogP) is 0.883. The van der Waals surface area contributed by atoms with Crippen molar-refractivity contribution in [2.45, 2.75) is 89.9 Å². The number of ether oxygens (including phenoxy) is 2. The van der Waals surface area contributed by atoms with Gasteiger partial charge in [-0.3, -0.25) is 9.80 Å². The van der Waals surface area contributed by atoms with Gasteiger partial charge in [-0.25, -0.2) is 19.2 Å². The SMILES string of the molecule is CC(C)(C)OC(=O)N1CC[C@@H](O)[C@H]1C(=O)O.CC(C)(C)OC(=O)N1CC[C@H](O)[C@@H]1C(=O)O. The van der Waals surface area contributed by atoms with Crippen LogP contribution in [0.25, 0.3) is 0 Å². The first kappa shape index (κ1) is 27.4. The molecule has 2 aliphatic rings. The van der Waals surface area contributed by atoms with Crippen LogP contribution < -0.4 is 0 Å². The molecule has 2 rings (SSSR count). The quantitative estimate of drug-likeness (QED) is 0.461. The Kier molecular flexibility index (Phi) is 8.87. The number of carbonyl (C=O) groups is 4. The summed E-state index contributed by atoms with van der Waals surface area (Å²) >= 11 is 0. The van der Waals surface area contributed by atoms with E-state index in [0.29, 0.717) is 0 Å². The Labute approximate surface area is 186 Å². The number of carbonyl (C=O) groups excluding carboxylic acids is 2. The largest absolute Gasteiger partial charge is 0.480 e. The summed E-state index contributed by atoms with van der Waals surface area (Å²) in [5, 5.41) is 36.7. The number of carboxylic acid groups (broad SMARTS) is 2. The zero-order valence-electron chi connectivity index (χ0n) is 19.3. The summed E-state index contributed by atoms with van der Waals surface area (Å²) in [4.78, 5) is 47.2. The molecule has 2 amide bonds. The van der Waals surface area contributed by atoms with Gasteiger partial charge in [-0.05, 0) is 54.4 Å². The molecule has 0 aromatic carbocycles. The summed E-state index contributed by atoms with van der Waals surface area (Å²) in [5.74, 6) is -2.42. The monoisotopic (exact) mass is 462 g/mol. The van der Waals surface area contributed by atoms with Gasteiger partial charge in [0.2, 0.25) is 0 Å². The van der Waals surface area contributed by atoms with Gasteiger partial charge in [0.15, 0.2) is 12.1 Å². The number of hydrogen-bond donors (Lipinski definition) is 4. The Morgan fingerprint density at radius 1 is 0.688 bits per heavy atom. The van der Waals surface area contributed by atoms with Crippen molar-refractivity contribution >= 4 is 24.1 Å². The molecule has 12 nitrogen and oxygen atoms in total. The topological polar surface area (TPSA) is 174 Å². The second-order valence-corrected chi connectivity index (χ2v) is 9.63. The van der Waals surface area contributed by atoms with Crippen molar-refractivity contribution in [3.05, 3.63) is 0 Å². The highest BCUT2D eigenvalue weighted by Crippen LogP contribution is 2.22. The predicted molar refractivity (Wildman–Crippen MR) is 110 cm³/mol. The van der Waals surface area contributed by atoms with Crippen molar-refractivity contribution in [2.24, 2.45) is 0 Å². The fraction of sp³-hybridized carbons (Fsp3) is 0.800. The van der Waals surface area contributed by atoms with E-state index in [4.69, 9.17) is 19.7 Å². The van der Waals surface area contributed by atoms with Gasteiger partial charge in [0, 0.05) is 13.1 Å². The van der Waals surface area contributed by atoms with E-state index in [1.54, 1.807) is 41.5 Å². The summed E-state index contributed by atoms with van der Waals surface area (Å²) in [6.45, 7) is 10.6. The molecule has 0 aromatic heterocycles. The lowest BCUT2D eigenvalue weighted by atomic mass is 10.2. The molecule has 0 aromatic rings. The van der Waals surface area contributed by atoms with Gasteiger partial charge >= 0.3 is 24.1 Å². The lowest BCUT2D eigenvalue weighted by Crippen LogP contribution is -2.46. The van der Waals surface area contributed by atoms with Gasteiger partial charge in [0.05, 0.1) is 12.2 Å². The Morgan fingerprint density at radius 2 is 0.969 bits per heavy atom. The van der Waals surface area contributed by atoms with E-state index in [9.17, 15) is 29.4 Å². The van der Waals surface area contributed by atoms with E-state index in [-0.39, 0.29) is 25.9 Å². The number of aliphatic hydroxyl groups excluding tert-OH is 2. The molecule has 2 saturated heterocycles. The van der Waals surface area contributed by atoms with Crippen LogP contribution >= 0.6 is 0 Å². The molecular weight excluding hydrogens is 428 g/mol. The van der Waals surface area contributed by atoms with E-state index in [1.165, 1.54) is 0 Å². The van der Waals surface area contributed by atoms with E-state index in [0.717, 1.165) is 9.80 Å². The van der Waals surface area contributed by atoms with Crippen LogP contribution in [-0.4, -0.2) is 103 Å². The van der Waals surface area contributed by atoms with Gasteiger partial charge in [0.25, 0.3) is 0 Å². The number of aliphatic hydroxyl groups is 2. The van der Waals surface area contributed by atoms with Crippen LogP contribution in [0.1, 0.15) is 54.4 Å². The molecular formula is C20H34N2O10. The van der Waals surface area contributed by atoms with Crippen LogP contribution in [0, 0.1) is 0 Å². The standard InChI is InChI=1S/2C10H17NO5/c2*1-10(2,3)16-9(15)11-5-4-6(12)7(11)8(13)14/h2*6-7,12H,4-5H2,1-3H3,(H,13,14)/t2*6-,7+/m10/s1. The summed E-state index contributed by atoms with van der Waals surface area (Å²) in [6.07, 6.45) is -2.92. The molecule has 0 aliphatic carbocycles. The number of rotatable bonds is 2. The van der Waals surface area contributed by atoms with Crippen LogP contribution in [0.3, 0.4) is 0 Å². The molecule has 2 heterocycles. The van der Waals surface area contributed by atoms with Crippen LogP contribution in [0.4, 0.5) is 9.59 Å². The molecule has 32 heavy (non-hydrogen) atoms. The first-order valence-electron chi connectivity index (χ1n) is 10.3. The van der Waals surface area contributed by atoms with Gasteiger partial charge < -0.3 is 29.9 Å². The zero-order valence-corrected chi connectivity index (χ0v) is 19.3. The number of hydrogen-bond acceptors (Lipinski definition) is 8. The minimum absolute atomic E-state index is 0.201. The van der Waals surface area contributed by atoms with E-state index >= 15 is 0 Å². The molecule has 4 atom stereocenters. The number of nitrogens with zero attached hydrogens (tertiary/aromatic N) is 2. The first-order chi connectivity index (χ1) is 14.4. The van der Waals surface area contributed by atoms with Gasteiger partial charge in [-0.15, -0.1) is 0 Å². The van der Waals surface area contributed by atoms with Gasteiger partial charge in [-0.1, -0.05) is 0 Å².